The molecule has 0 bridgehead atoms. The third-order valence-corrected chi connectivity index (χ3v) is 4.65. The Morgan fingerprint density at radius 3 is 1.82 bits per heavy atom. The fraction of sp³-hybridized carbons (Fsp3) is 0.571. The average Bonchev–Trinajstić information content (AvgIpc) is 2.36. The first-order valence-electron chi connectivity index (χ1n) is 6.50. The first-order chi connectivity index (χ1) is 9.76. The van der Waals surface area contributed by atoms with Crippen molar-refractivity contribution in [2.75, 3.05) is 0 Å². The second-order valence-corrected chi connectivity index (χ2v) is 7.91. The maximum absolute atomic E-state index is 13.2. The lowest BCUT2D eigenvalue weighted by molar-refractivity contribution is -0.289. The molecule has 0 aromatic heterocycles. The van der Waals surface area contributed by atoms with Gasteiger partial charge in [0.2, 0.25) is 0 Å². The van der Waals surface area contributed by atoms with E-state index in [0.717, 1.165) is 12.1 Å². The fourth-order valence-corrected chi connectivity index (χ4v) is 2.36. The highest BCUT2D eigenvalue weighted by Gasteiger charge is 2.58. The zero-order chi connectivity index (χ0) is 17.3. The molecule has 0 amide bonds. The SMILES string of the molecule is CC(N[S@@+]([O-])C(C)(C)C)c1ccc(C(F)(F)C(F)(F)F)cc1. The topological polar surface area (TPSA) is 35.1 Å². The quantitative estimate of drug-likeness (QED) is 0.647. The molecule has 1 N–H and O–H groups in total. The van der Waals surface area contributed by atoms with Crippen LogP contribution in [0.1, 0.15) is 44.9 Å². The van der Waals surface area contributed by atoms with Gasteiger partial charge in [0.15, 0.2) is 0 Å². The number of nitrogens with one attached hydrogen (secondary N) is 1. The molecule has 22 heavy (non-hydrogen) atoms. The molecule has 2 atom stereocenters. The summed E-state index contributed by atoms with van der Waals surface area (Å²) in [6.45, 7) is 6.93. The second kappa shape index (κ2) is 6.33. The van der Waals surface area contributed by atoms with Gasteiger partial charge in [-0.1, -0.05) is 24.3 Å². The van der Waals surface area contributed by atoms with E-state index >= 15 is 0 Å². The number of halogens is 5. The van der Waals surface area contributed by atoms with Crippen LogP contribution in [0.4, 0.5) is 22.0 Å². The molecule has 0 heterocycles. The Hall–Kier alpha value is -0.860. The smallest absolute Gasteiger partial charge is 0.458 e. The van der Waals surface area contributed by atoms with Gasteiger partial charge in [-0.2, -0.15) is 22.0 Å². The monoisotopic (exact) mass is 343 g/mol. The minimum Gasteiger partial charge on any atom is -0.598 e. The van der Waals surface area contributed by atoms with E-state index in [1.165, 1.54) is 12.1 Å². The van der Waals surface area contributed by atoms with Crippen LogP contribution in [-0.2, 0) is 17.3 Å². The first kappa shape index (κ1) is 19.2. The lowest BCUT2D eigenvalue weighted by Gasteiger charge is -2.27. The van der Waals surface area contributed by atoms with Gasteiger partial charge in [0, 0.05) is 16.9 Å². The van der Waals surface area contributed by atoms with Gasteiger partial charge in [-0.05, 0) is 33.3 Å². The summed E-state index contributed by atoms with van der Waals surface area (Å²) < 4.78 is 77.4. The zero-order valence-electron chi connectivity index (χ0n) is 12.6. The Balaban J connectivity index is 2.90. The van der Waals surface area contributed by atoms with E-state index in [1.54, 1.807) is 27.7 Å². The number of benzene rings is 1. The van der Waals surface area contributed by atoms with Crippen molar-refractivity contribution in [3.63, 3.8) is 0 Å². The van der Waals surface area contributed by atoms with E-state index in [1.807, 2.05) is 0 Å². The van der Waals surface area contributed by atoms with Crippen molar-refractivity contribution in [2.24, 2.45) is 0 Å². The van der Waals surface area contributed by atoms with Crippen molar-refractivity contribution >= 4 is 11.4 Å². The van der Waals surface area contributed by atoms with Crippen molar-refractivity contribution in [2.45, 2.75) is 50.6 Å². The van der Waals surface area contributed by atoms with E-state index in [9.17, 15) is 26.5 Å². The van der Waals surface area contributed by atoms with Gasteiger partial charge in [-0.25, -0.2) is 0 Å². The maximum Gasteiger partial charge on any atom is 0.458 e. The third kappa shape index (κ3) is 4.33. The van der Waals surface area contributed by atoms with Gasteiger partial charge in [-0.15, -0.1) is 4.72 Å². The molecule has 1 unspecified atom stereocenters. The standard InChI is InChI=1S/C14H18F5NOS/c1-9(20-22(21)12(2,3)4)10-5-7-11(8-6-10)13(15,16)14(17,18)19/h5-9,20H,1-4H3/t9?,22-/m0/s1. The average molecular weight is 343 g/mol. The fourth-order valence-electron chi connectivity index (χ4n) is 1.55. The summed E-state index contributed by atoms with van der Waals surface area (Å²) in [5, 5.41) is 0. The third-order valence-electron chi connectivity index (χ3n) is 2.97. The van der Waals surface area contributed by atoms with E-state index in [0.29, 0.717) is 5.56 Å². The molecule has 0 radical (unpaired) electrons. The van der Waals surface area contributed by atoms with Crippen LogP contribution in [0.2, 0.25) is 0 Å². The van der Waals surface area contributed by atoms with Gasteiger partial charge in [0.25, 0.3) is 0 Å². The Morgan fingerprint density at radius 1 is 1.00 bits per heavy atom. The van der Waals surface area contributed by atoms with Crippen molar-refractivity contribution in [1.82, 2.24) is 4.72 Å². The van der Waals surface area contributed by atoms with Gasteiger partial charge >= 0.3 is 12.1 Å². The minimum absolute atomic E-state index is 0.450. The number of rotatable bonds is 4. The van der Waals surface area contributed by atoms with Crippen LogP contribution >= 0.6 is 0 Å². The van der Waals surface area contributed by atoms with Crippen LogP contribution in [0.15, 0.2) is 24.3 Å². The molecule has 0 saturated heterocycles. The molecule has 0 aliphatic rings. The molecule has 0 spiro atoms. The van der Waals surface area contributed by atoms with E-state index in [4.69, 9.17) is 0 Å². The first-order valence-corrected chi connectivity index (χ1v) is 7.65. The molecule has 1 rings (SSSR count). The molecular weight excluding hydrogens is 325 g/mol. The van der Waals surface area contributed by atoms with E-state index in [-0.39, 0.29) is 0 Å². The lowest BCUT2D eigenvalue weighted by atomic mass is 10.0. The zero-order valence-corrected chi connectivity index (χ0v) is 13.4. The molecule has 0 aliphatic carbocycles. The maximum atomic E-state index is 13.2. The Kier molecular flexibility index (Phi) is 5.52. The summed E-state index contributed by atoms with van der Waals surface area (Å²) in [7, 11) is 0. The summed E-state index contributed by atoms with van der Waals surface area (Å²) in [5.41, 5.74) is -0.646. The molecule has 1 aromatic carbocycles. The van der Waals surface area contributed by atoms with Gasteiger partial charge < -0.3 is 4.55 Å². The summed E-state index contributed by atoms with van der Waals surface area (Å²) in [6.07, 6.45) is -5.63. The van der Waals surface area contributed by atoms with Crippen LogP contribution in [0.5, 0.6) is 0 Å². The summed E-state index contributed by atoms with van der Waals surface area (Å²) in [4.78, 5) is 0. The van der Waals surface area contributed by atoms with Gasteiger partial charge in [-0.3, -0.25) is 0 Å². The largest absolute Gasteiger partial charge is 0.598 e. The van der Waals surface area contributed by atoms with Crippen molar-refractivity contribution in [3.05, 3.63) is 35.4 Å². The number of alkyl halides is 5. The van der Waals surface area contributed by atoms with Crippen molar-refractivity contribution in [1.29, 1.82) is 0 Å². The molecule has 2 nitrogen and oxygen atoms in total. The van der Waals surface area contributed by atoms with Crippen LogP contribution in [0, 0.1) is 0 Å². The van der Waals surface area contributed by atoms with E-state index in [2.05, 4.69) is 4.72 Å². The molecule has 0 aliphatic heterocycles. The molecule has 1 aromatic rings. The minimum atomic E-state index is -5.63. The Bertz CT molecular complexity index is 495. The summed E-state index contributed by atoms with van der Waals surface area (Å²) >= 11 is -1.38. The van der Waals surface area contributed by atoms with E-state index < -0.39 is 39.8 Å². The lowest BCUT2D eigenvalue weighted by Crippen LogP contribution is -2.40. The predicted molar refractivity (Wildman–Crippen MR) is 75.8 cm³/mol. The number of hydrogen-bond donors (Lipinski definition) is 1. The molecule has 0 fully saturated rings. The molecule has 0 saturated carbocycles. The van der Waals surface area contributed by atoms with Gasteiger partial charge in [0.1, 0.15) is 4.75 Å². The highest BCUT2D eigenvalue weighted by atomic mass is 32.2. The Labute approximate surface area is 129 Å². The molecule has 126 valence electrons. The van der Waals surface area contributed by atoms with Crippen LogP contribution < -0.4 is 4.72 Å². The van der Waals surface area contributed by atoms with Gasteiger partial charge in [0.05, 0.1) is 6.04 Å². The Morgan fingerprint density at radius 2 is 1.45 bits per heavy atom. The summed E-state index contributed by atoms with van der Waals surface area (Å²) in [5.74, 6) is -4.89. The molecule has 8 heteroatoms. The normalized spacial score (nSPS) is 16.5. The van der Waals surface area contributed by atoms with Crippen molar-refractivity contribution < 1.29 is 26.5 Å². The van der Waals surface area contributed by atoms with Crippen LogP contribution in [0.3, 0.4) is 0 Å². The van der Waals surface area contributed by atoms with Crippen LogP contribution in [-0.4, -0.2) is 15.5 Å². The summed E-state index contributed by atoms with van der Waals surface area (Å²) in [6, 6.07) is 3.37. The second-order valence-electron chi connectivity index (χ2n) is 5.91. The highest BCUT2D eigenvalue weighted by molar-refractivity contribution is 7.90. The van der Waals surface area contributed by atoms with Crippen molar-refractivity contribution in [3.8, 4) is 0 Å². The highest BCUT2D eigenvalue weighted by Crippen LogP contribution is 2.43. The molecular formula is C14H18F5NOS. The predicted octanol–water partition coefficient (Wildman–Crippen LogP) is 4.45. The van der Waals surface area contributed by atoms with Crippen LogP contribution in [0.25, 0.3) is 0 Å². The number of hydrogen-bond acceptors (Lipinski definition) is 2.